The summed E-state index contributed by atoms with van der Waals surface area (Å²) in [7, 11) is 0. The van der Waals surface area contributed by atoms with Crippen molar-refractivity contribution >= 4 is 0 Å². The van der Waals surface area contributed by atoms with Crippen LogP contribution in [0.3, 0.4) is 0 Å². The number of hydrogen-bond donors (Lipinski definition) is 0. The molecule has 0 amide bonds. The van der Waals surface area contributed by atoms with Crippen molar-refractivity contribution in [2.75, 3.05) is 0 Å². The highest BCUT2D eigenvalue weighted by molar-refractivity contribution is 5.87. The Balaban J connectivity index is 1.23. The Bertz CT molecular complexity index is 2460. The van der Waals surface area contributed by atoms with Gasteiger partial charge in [-0.1, -0.05) is 182 Å². The molecule has 0 unspecified atom stereocenters. The van der Waals surface area contributed by atoms with Crippen LogP contribution in [0.15, 0.2) is 206 Å². The van der Waals surface area contributed by atoms with Crippen LogP contribution in [-0.2, 0) is 10.8 Å². The summed E-state index contributed by atoms with van der Waals surface area (Å²) < 4.78 is 6.72. The molecule has 0 N–H and O–H groups in total. The maximum Gasteiger partial charge on any atom is 0.132 e. The smallest absolute Gasteiger partial charge is 0.132 e. The lowest BCUT2D eigenvalue weighted by Gasteiger charge is -2.41. The van der Waals surface area contributed by atoms with Gasteiger partial charge in [-0.3, -0.25) is 0 Å². The van der Waals surface area contributed by atoms with Gasteiger partial charge >= 0.3 is 0 Å². The van der Waals surface area contributed by atoms with Crippen molar-refractivity contribution < 1.29 is 4.74 Å². The van der Waals surface area contributed by atoms with Crippen molar-refractivity contribution in [1.82, 2.24) is 0 Å². The summed E-state index contributed by atoms with van der Waals surface area (Å²) in [6, 6.07) is 75.1. The van der Waals surface area contributed by atoms with E-state index in [1.807, 2.05) is 0 Å². The zero-order chi connectivity index (χ0) is 33.8. The first-order valence-corrected chi connectivity index (χ1v) is 17.7. The van der Waals surface area contributed by atoms with E-state index >= 15 is 0 Å². The summed E-state index contributed by atoms with van der Waals surface area (Å²) in [6.45, 7) is 0. The number of para-hydroxylation sites is 1. The molecule has 1 heterocycles. The lowest BCUT2D eigenvalue weighted by Crippen LogP contribution is -2.34. The first-order valence-electron chi connectivity index (χ1n) is 17.7. The molecule has 0 saturated heterocycles. The van der Waals surface area contributed by atoms with Gasteiger partial charge < -0.3 is 4.74 Å². The molecule has 1 aliphatic heterocycles. The highest BCUT2D eigenvalue weighted by Crippen LogP contribution is 2.58. The fourth-order valence-corrected chi connectivity index (χ4v) is 9.03. The second-order valence-corrected chi connectivity index (χ2v) is 13.6. The van der Waals surface area contributed by atoms with Crippen LogP contribution in [-0.4, -0.2) is 0 Å². The molecular weight excluding hydrogens is 617 g/mol. The largest absolute Gasteiger partial charge is 0.457 e. The second-order valence-electron chi connectivity index (χ2n) is 13.6. The molecule has 0 atom stereocenters. The topological polar surface area (TPSA) is 9.23 Å². The number of rotatable bonds is 5. The molecule has 0 saturated carbocycles. The minimum atomic E-state index is -0.574. The normalized spacial score (nSPS) is 14.4. The van der Waals surface area contributed by atoms with Gasteiger partial charge in [0.2, 0.25) is 0 Å². The molecule has 0 bridgehead atoms. The van der Waals surface area contributed by atoms with Crippen molar-refractivity contribution in [2.24, 2.45) is 0 Å². The molecular formula is C50H34O. The third-order valence-electron chi connectivity index (χ3n) is 11.1. The van der Waals surface area contributed by atoms with Gasteiger partial charge in [0.25, 0.3) is 0 Å². The van der Waals surface area contributed by atoms with Gasteiger partial charge in [-0.15, -0.1) is 0 Å². The third-order valence-corrected chi connectivity index (χ3v) is 11.1. The summed E-state index contributed by atoms with van der Waals surface area (Å²) in [6.07, 6.45) is 0. The average molecular weight is 651 g/mol. The van der Waals surface area contributed by atoms with E-state index in [4.69, 9.17) is 4.74 Å². The molecule has 240 valence electrons. The zero-order valence-electron chi connectivity index (χ0n) is 28.0. The van der Waals surface area contributed by atoms with Gasteiger partial charge in [0.1, 0.15) is 11.5 Å². The van der Waals surface area contributed by atoms with Crippen molar-refractivity contribution in [1.29, 1.82) is 0 Å². The Hall–Kier alpha value is -6.44. The summed E-state index contributed by atoms with van der Waals surface area (Å²) in [5, 5.41) is 0. The first kappa shape index (κ1) is 29.5. The maximum absolute atomic E-state index is 6.72. The fourth-order valence-electron chi connectivity index (χ4n) is 9.03. The molecule has 1 aliphatic carbocycles. The molecule has 8 aromatic carbocycles. The summed E-state index contributed by atoms with van der Waals surface area (Å²) >= 11 is 0. The van der Waals surface area contributed by atoms with Crippen LogP contribution in [0, 0.1) is 0 Å². The quantitative estimate of drug-likeness (QED) is 0.180. The summed E-state index contributed by atoms with van der Waals surface area (Å²) in [4.78, 5) is 0. The highest BCUT2D eigenvalue weighted by atomic mass is 16.5. The van der Waals surface area contributed by atoms with Crippen molar-refractivity contribution in [3.8, 4) is 33.8 Å². The van der Waals surface area contributed by atoms with Crippen molar-refractivity contribution in [3.63, 3.8) is 0 Å². The SMILES string of the molecule is c1ccc(C2(c3ccccc3)c3ccccc3Oc3ccc(-c4cccc(C5(c6ccccc6)c6ccccc6-c6ccccc65)c4)cc32)cc1. The third kappa shape index (κ3) is 4.22. The lowest BCUT2D eigenvalue weighted by atomic mass is 9.63. The number of hydrogen-bond acceptors (Lipinski definition) is 1. The predicted octanol–water partition coefficient (Wildman–Crippen LogP) is 12.2. The lowest BCUT2D eigenvalue weighted by molar-refractivity contribution is 0.434. The van der Waals surface area contributed by atoms with Crippen LogP contribution in [0.2, 0.25) is 0 Å². The molecule has 0 radical (unpaired) electrons. The van der Waals surface area contributed by atoms with Crippen LogP contribution >= 0.6 is 0 Å². The van der Waals surface area contributed by atoms with E-state index in [-0.39, 0.29) is 0 Å². The van der Waals surface area contributed by atoms with Crippen LogP contribution in [0.5, 0.6) is 11.5 Å². The molecule has 8 aromatic rings. The van der Waals surface area contributed by atoms with Gasteiger partial charge in [-0.05, 0) is 79.9 Å². The standard InChI is InChI=1S/C50H34O/c1-4-18-37(19-5-1)49(38-20-6-2-7-21-38)45-29-14-15-30-47(45)51-48-32-31-36(34-46(48)49)35-17-16-24-40(33-35)50(39-22-8-3-9-23-39)43-27-12-10-25-41(43)42-26-11-13-28-44(42)50/h1-34H. The average Bonchev–Trinajstić information content (AvgIpc) is 3.52. The minimum absolute atomic E-state index is 0.460. The first-order chi connectivity index (χ1) is 25.3. The number of benzene rings is 8. The van der Waals surface area contributed by atoms with Gasteiger partial charge in [0.05, 0.1) is 10.8 Å². The fraction of sp³-hybridized carbons (Fsp3) is 0.0400. The molecule has 0 spiro atoms. The Morgan fingerprint density at radius 3 is 1.29 bits per heavy atom. The van der Waals surface area contributed by atoms with E-state index in [1.165, 1.54) is 50.1 Å². The Morgan fingerprint density at radius 1 is 0.275 bits per heavy atom. The van der Waals surface area contributed by atoms with Gasteiger partial charge in [0.15, 0.2) is 0 Å². The van der Waals surface area contributed by atoms with Gasteiger partial charge in [0, 0.05) is 11.1 Å². The Morgan fingerprint density at radius 2 is 0.706 bits per heavy atom. The summed E-state index contributed by atoms with van der Waals surface area (Å²) in [5.74, 6) is 1.76. The molecule has 1 nitrogen and oxygen atoms in total. The Labute approximate surface area is 299 Å². The summed E-state index contributed by atoms with van der Waals surface area (Å²) in [5.41, 5.74) is 13.7. The maximum atomic E-state index is 6.72. The van der Waals surface area contributed by atoms with E-state index < -0.39 is 10.8 Å². The molecule has 2 aliphatic rings. The van der Waals surface area contributed by atoms with Crippen molar-refractivity contribution in [2.45, 2.75) is 10.8 Å². The van der Waals surface area contributed by atoms with E-state index in [0.717, 1.165) is 28.2 Å². The monoisotopic (exact) mass is 650 g/mol. The van der Waals surface area contributed by atoms with Crippen LogP contribution in [0.1, 0.15) is 44.5 Å². The van der Waals surface area contributed by atoms with E-state index in [9.17, 15) is 0 Å². The molecule has 1 heteroatoms. The molecule has 0 fully saturated rings. The minimum Gasteiger partial charge on any atom is -0.457 e. The molecule has 51 heavy (non-hydrogen) atoms. The van der Waals surface area contributed by atoms with Crippen LogP contribution in [0.25, 0.3) is 22.3 Å². The van der Waals surface area contributed by atoms with Crippen LogP contribution < -0.4 is 4.74 Å². The van der Waals surface area contributed by atoms with E-state index in [1.54, 1.807) is 0 Å². The number of ether oxygens (including phenoxy) is 1. The van der Waals surface area contributed by atoms with Gasteiger partial charge in [-0.2, -0.15) is 0 Å². The zero-order valence-corrected chi connectivity index (χ0v) is 28.0. The van der Waals surface area contributed by atoms with E-state index in [2.05, 4.69) is 206 Å². The molecule has 10 rings (SSSR count). The highest BCUT2D eigenvalue weighted by Gasteiger charge is 2.47. The van der Waals surface area contributed by atoms with Gasteiger partial charge in [-0.25, -0.2) is 0 Å². The number of fused-ring (bicyclic) bond motifs is 5. The van der Waals surface area contributed by atoms with Crippen molar-refractivity contribution in [3.05, 3.63) is 251 Å². The molecule has 0 aromatic heterocycles. The Kier molecular flexibility index (Phi) is 6.69. The van der Waals surface area contributed by atoms with E-state index in [0.29, 0.717) is 0 Å². The van der Waals surface area contributed by atoms with Crippen LogP contribution in [0.4, 0.5) is 0 Å². The predicted molar refractivity (Wildman–Crippen MR) is 208 cm³/mol. The second kappa shape index (κ2) is 11.6.